The molecule has 0 spiro atoms. The van der Waals surface area contributed by atoms with Crippen LogP contribution in [-0.4, -0.2) is 17.1 Å². The zero-order valence-electron chi connectivity index (χ0n) is 9.09. The van der Waals surface area contributed by atoms with Crippen molar-refractivity contribution in [2.24, 2.45) is 5.73 Å². The second-order valence-electron chi connectivity index (χ2n) is 3.45. The lowest BCUT2D eigenvalue weighted by Crippen LogP contribution is -2.38. The first kappa shape index (κ1) is 11.8. The molecule has 6 N–H and O–H groups in total. The zero-order valence-corrected chi connectivity index (χ0v) is 9.09. The van der Waals surface area contributed by atoms with E-state index in [0.29, 0.717) is 5.69 Å². The van der Waals surface area contributed by atoms with Crippen molar-refractivity contribution < 1.29 is 9.90 Å². The van der Waals surface area contributed by atoms with E-state index in [1.54, 1.807) is 13.8 Å². The van der Waals surface area contributed by atoms with E-state index in [2.05, 4.69) is 10.6 Å². The third-order valence-electron chi connectivity index (χ3n) is 2.00. The van der Waals surface area contributed by atoms with Gasteiger partial charge >= 0.3 is 6.03 Å². The number of aromatic hydroxyl groups is 1. The Morgan fingerprint density at radius 2 is 1.88 bits per heavy atom. The highest BCUT2D eigenvalue weighted by atomic mass is 16.3. The summed E-state index contributed by atoms with van der Waals surface area (Å²) in [6.07, 6.45) is 0. The van der Waals surface area contributed by atoms with Crippen molar-refractivity contribution in [3.05, 3.63) is 23.3 Å². The molecule has 0 aromatic heterocycles. The third-order valence-corrected chi connectivity index (χ3v) is 2.00. The van der Waals surface area contributed by atoms with Gasteiger partial charge in [-0.3, -0.25) is 10.7 Å². The van der Waals surface area contributed by atoms with Crippen LogP contribution < -0.4 is 16.4 Å². The molecule has 1 aromatic carbocycles. The summed E-state index contributed by atoms with van der Waals surface area (Å²) in [7, 11) is 0. The standard InChI is InChI=1S/C10H14N4O2/c1-5-3-7(15)4-6(2)8(5)13-10(16)14-9(11)12/h3-4,15H,1-2H3,(H5,11,12,13,14,16). The Bertz CT molecular complexity index is 419. The highest BCUT2D eigenvalue weighted by molar-refractivity contribution is 6.01. The van der Waals surface area contributed by atoms with Gasteiger partial charge in [0.25, 0.3) is 0 Å². The number of hydrogen-bond acceptors (Lipinski definition) is 3. The molecule has 16 heavy (non-hydrogen) atoms. The summed E-state index contributed by atoms with van der Waals surface area (Å²) in [6, 6.07) is 2.50. The molecule has 0 saturated carbocycles. The Hall–Kier alpha value is -2.24. The number of anilines is 1. The normalized spacial score (nSPS) is 9.62. The van der Waals surface area contributed by atoms with Crippen molar-refractivity contribution in [1.82, 2.24) is 5.32 Å². The van der Waals surface area contributed by atoms with Crippen LogP contribution >= 0.6 is 0 Å². The van der Waals surface area contributed by atoms with Crippen molar-refractivity contribution in [2.75, 3.05) is 5.32 Å². The highest BCUT2D eigenvalue weighted by Gasteiger charge is 2.08. The van der Waals surface area contributed by atoms with E-state index in [1.165, 1.54) is 12.1 Å². The zero-order chi connectivity index (χ0) is 12.3. The monoisotopic (exact) mass is 222 g/mol. The molecule has 0 aliphatic heterocycles. The first-order chi connectivity index (χ1) is 7.40. The number of urea groups is 1. The van der Waals surface area contributed by atoms with Gasteiger partial charge in [-0.05, 0) is 37.1 Å². The number of nitrogens with two attached hydrogens (primary N) is 1. The molecular formula is C10H14N4O2. The fourth-order valence-electron chi connectivity index (χ4n) is 1.40. The van der Waals surface area contributed by atoms with Crippen molar-refractivity contribution in [3.8, 4) is 5.75 Å². The molecule has 0 radical (unpaired) electrons. The lowest BCUT2D eigenvalue weighted by atomic mass is 10.1. The van der Waals surface area contributed by atoms with Crippen LogP contribution in [0, 0.1) is 19.3 Å². The number of aryl methyl sites for hydroxylation is 2. The molecule has 0 aliphatic carbocycles. The van der Waals surface area contributed by atoms with E-state index in [9.17, 15) is 9.90 Å². The van der Waals surface area contributed by atoms with E-state index in [4.69, 9.17) is 11.1 Å². The summed E-state index contributed by atoms with van der Waals surface area (Å²) in [5, 5.41) is 20.9. The minimum absolute atomic E-state index is 0.146. The van der Waals surface area contributed by atoms with Gasteiger partial charge in [0.05, 0.1) is 0 Å². The predicted molar refractivity (Wildman–Crippen MR) is 61.6 cm³/mol. The van der Waals surface area contributed by atoms with Gasteiger partial charge in [-0.25, -0.2) is 4.79 Å². The largest absolute Gasteiger partial charge is 0.508 e. The van der Waals surface area contributed by atoms with Gasteiger partial charge in [0.2, 0.25) is 0 Å². The summed E-state index contributed by atoms with van der Waals surface area (Å²) in [5.41, 5.74) is 7.08. The number of carbonyl (C=O) groups is 1. The van der Waals surface area contributed by atoms with Gasteiger partial charge in [0, 0.05) is 5.69 Å². The first-order valence-electron chi connectivity index (χ1n) is 4.62. The lowest BCUT2D eigenvalue weighted by Gasteiger charge is -2.12. The summed E-state index contributed by atoms with van der Waals surface area (Å²) in [6.45, 7) is 3.52. The Labute approximate surface area is 93.0 Å². The van der Waals surface area contributed by atoms with Crippen molar-refractivity contribution in [2.45, 2.75) is 13.8 Å². The number of phenols is 1. The molecule has 1 rings (SSSR count). The molecule has 0 bridgehead atoms. The van der Waals surface area contributed by atoms with Gasteiger partial charge in [-0.1, -0.05) is 0 Å². The Morgan fingerprint density at radius 3 is 2.31 bits per heavy atom. The number of benzene rings is 1. The Morgan fingerprint density at radius 1 is 1.38 bits per heavy atom. The molecule has 6 nitrogen and oxygen atoms in total. The van der Waals surface area contributed by atoms with Gasteiger partial charge in [-0.15, -0.1) is 0 Å². The third kappa shape index (κ3) is 2.88. The van der Waals surface area contributed by atoms with Crippen LogP contribution in [0.25, 0.3) is 0 Å². The fourth-order valence-corrected chi connectivity index (χ4v) is 1.40. The molecule has 0 atom stereocenters. The summed E-state index contributed by atoms with van der Waals surface area (Å²) in [5.74, 6) is -0.279. The lowest BCUT2D eigenvalue weighted by molar-refractivity contribution is 0.256. The molecule has 86 valence electrons. The van der Waals surface area contributed by atoms with Gasteiger partial charge < -0.3 is 16.2 Å². The second kappa shape index (κ2) is 4.52. The molecule has 0 heterocycles. The maximum Gasteiger partial charge on any atom is 0.325 e. The first-order valence-corrected chi connectivity index (χ1v) is 4.62. The van der Waals surface area contributed by atoms with E-state index in [-0.39, 0.29) is 5.75 Å². The Kier molecular flexibility index (Phi) is 3.34. The van der Waals surface area contributed by atoms with Crippen molar-refractivity contribution >= 4 is 17.7 Å². The molecule has 0 unspecified atom stereocenters. The predicted octanol–water partition coefficient (Wildman–Crippen LogP) is 1.02. The van der Waals surface area contributed by atoms with Crippen molar-refractivity contribution in [3.63, 3.8) is 0 Å². The van der Waals surface area contributed by atoms with Gasteiger partial charge in [0.1, 0.15) is 5.75 Å². The van der Waals surface area contributed by atoms with Crippen LogP contribution in [0.1, 0.15) is 11.1 Å². The van der Waals surface area contributed by atoms with Crippen LogP contribution in [0.2, 0.25) is 0 Å². The maximum absolute atomic E-state index is 11.3. The maximum atomic E-state index is 11.3. The number of phenolic OH excluding ortho intramolecular Hbond substituents is 1. The molecule has 6 heteroatoms. The SMILES string of the molecule is Cc1cc(O)cc(C)c1NC(=O)NC(=N)N. The van der Waals surface area contributed by atoms with E-state index < -0.39 is 12.0 Å². The van der Waals surface area contributed by atoms with Crippen LogP contribution in [-0.2, 0) is 0 Å². The fraction of sp³-hybridized carbons (Fsp3) is 0.200. The number of amides is 2. The molecule has 0 aliphatic rings. The molecule has 0 saturated heterocycles. The van der Waals surface area contributed by atoms with E-state index in [0.717, 1.165) is 11.1 Å². The summed E-state index contributed by atoms with van der Waals surface area (Å²) in [4.78, 5) is 11.3. The quantitative estimate of drug-likeness (QED) is 0.278. The number of rotatable bonds is 1. The topological polar surface area (TPSA) is 111 Å². The van der Waals surface area contributed by atoms with Crippen LogP contribution in [0.4, 0.5) is 10.5 Å². The smallest absolute Gasteiger partial charge is 0.325 e. The highest BCUT2D eigenvalue weighted by Crippen LogP contribution is 2.25. The van der Waals surface area contributed by atoms with Crippen LogP contribution in [0.5, 0.6) is 5.75 Å². The average molecular weight is 222 g/mol. The van der Waals surface area contributed by atoms with Crippen LogP contribution in [0.15, 0.2) is 12.1 Å². The number of nitrogens with one attached hydrogen (secondary N) is 3. The minimum atomic E-state index is -0.579. The van der Waals surface area contributed by atoms with Crippen molar-refractivity contribution in [1.29, 1.82) is 5.41 Å². The second-order valence-corrected chi connectivity index (χ2v) is 3.45. The molecule has 2 amide bonds. The number of carbonyl (C=O) groups excluding carboxylic acids is 1. The average Bonchev–Trinajstić information content (AvgIpc) is 2.09. The van der Waals surface area contributed by atoms with E-state index >= 15 is 0 Å². The molecular weight excluding hydrogens is 208 g/mol. The number of hydrogen-bond donors (Lipinski definition) is 5. The van der Waals surface area contributed by atoms with Crippen LogP contribution in [0.3, 0.4) is 0 Å². The summed E-state index contributed by atoms with van der Waals surface area (Å²) >= 11 is 0. The van der Waals surface area contributed by atoms with E-state index in [1.807, 2.05) is 0 Å². The number of guanidine groups is 1. The molecule has 0 fully saturated rings. The van der Waals surface area contributed by atoms with Gasteiger partial charge in [-0.2, -0.15) is 0 Å². The van der Waals surface area contributed by atoms with Gasteiger partial charge in [0.15, 0.2) is 5.96 Å². The Balaban J connectivity index is 2.89. The summed E-state index contributed by atoms with van der Waals surface area (Å²) < 4.78 is 0. The molecule has 1 aromatic rings. The minimum Gasteiger partial charge on any atom is -0.508 e.